The standard InChI is InChI=1S/C16H25N3O4S/c1-23-11-10-19-24(21,22)15-4-2-14(3-5-15)16(20)18-9-7-13-6-8-17-12-13/h2-5,13,17,19H,6-12H2,1H3,(H,18,20). The molecule has 0 spiro atoms. The van der Waals surface area contributed by atoms with E-state index in [1.54, 1.807) is 0 Å². The average Bonchev–Trinajstić information content (AvgIpc) is 3.08. The van der Waals surface area contributed by atoms with Gasteiger partial charge in [0.05, 0.1) is 11.5 Å². The minimum atomic E-state index is -3.57. The fourth-order valence-electron chi connectivity index (χ4n) is 2.60. The van der Waals surface area contributed by atoms with Crippen molar-refractivity contribution < 1.29 is 17.9 Å². The van der Waals surface area contributed by atoms with Gasteiger partial charge in [-0.25, -0.2) is 13.1 Å². The number of hydrogen-bond acceptors (Lipinski definition) is 5. The lowest BCUT2D eigenvalue weighted by Gasteiger charge is -2.10. The third-order valence-electron chi connectivity index (χ3n) is 4.03. The number of amides is 1. The first-order valence-electron chi connectivity index (χ1n) is 8.10. The van der Waals surface area contributed by atoms with Crippen LogP contribution in [0.3, 0.4) is 0 Å². The molecule has 0 bridgehead atoms. The summed E-state index contributed by atoms with van der Waals surface area (Å²) in [5.74, 6) is 0.438. The van der Waals surface area contributed by atoms with Gasteiger partial charge in [-0.05, 0) is 56.1 Å². The summed E-state index contributed by atoms with van der Waals surface area (Å²) in [7, 11) is -2.07. The summed E-state index contributed by atoms with van der Waals surface area (Å²) in [5.41, 5.74) is 0.454. The van der Waals surface area contributed by atoms with Crippen molar-refractivity contribution in [2.75, 3.05) is 39.9 Å². The van der Waals surface area contributed by atoms with Crippen molar-refractivity contribution in [3.8, 4) is 0 Å². The molecule has 1 aliphatic rings. The number of sulfonamides is 1. The molecule has 1 fully saturated rings. The monoisotopic (exact) mass is 355 g/mol. The Morgan fingerprint density at radius 2 is 2.04 bits per heavy atom. The van der Waals surface area contributed by atoms with Gasteiger partial charge in [0.2, 0.25) is 10.0 Å². The van der Waals surface area contributed by atoms with E-state index >= 15 is 0 Å². The van der Waals surface area contributed by atoms with E-state index in [2.05, 4.69) is 15.4 Å². The molecule has 0 radical (unpaired) electrons. The van der Waals surface area contributed by atoms with Crippen LogP contribution in [0.15, 0.2) is 29.2 Å². The molecule has 1 saturated heterocycles. The average molecular weight is 355 g/mol. The van der Waals surface area contributed by atoms with Crippen molar-refractivity contribution in [1.29, 1.82) is 0 Å². The topological polar surface area (TPSA) is 96.5 Å². The maximum absolute atomic E-state index is 12.1. The molecule has 1 unspecified atom stereocenters. The number of benzene rings is 1. The molecule has 1 amide bonds. The summed E-state index contributed by atoms with van der Waals surface area (Å²) in [5, 5.41) is 6.17. The number of carbonyl (C=O) groups excluding carboxylic acids is 1. The van der Waals surface area contributed by atoms with Crippen LogP contribution >= 0.6 is 0 Å². The van der Waals surface area contributed by atoms with Crippen molar-refractivity contribution in [2.45, 2.75) is 17.7 Å². The summed E-state index contributed by atoms with van der Waals surface area (Å²) in [6, 6.07) is 5.92. The molecule has 134 valence electrons. The van der Waals surface area contributed by atoms with Crippen LogP contribution < -0.4 is 15.4 Å². The van der Waals surface area contributed by atoms with Crippen LogP contribution in [0, 0.1) is 5.92 Å². The lowest BCUT2D eigenvalue weighted by molar-refractivity contribution is 0.0951. The number of nitrogens with one attached hydrogen (secondary N) is 3. The van der Waals surface area contributed by atoms with Gasteiger partial charge in [0.1, 0.15) is 0 Å². The molecular formula is C16H25N3O4S. The highest BCUT2D eigenvalue weighted by atomic mass is 32.2. The highest BCUT2D eigenvalue weighted by molar-refractivity contribution is 7.89. The summed E-state index contributed by atoms with van der Waals surface area (Å²) in [4.78, 5) is 12.2. The van der Waals surface area contributed by atoms with E-state index in [-0.39, 0.29) is 17.3 Å². The molecule has 1 heterocycles. The minimum Gasteiger partial charge on any atom is -0.383 e. The van der Waals surface area contributed by atoms with Crippen molar-refractivity contribution in [3.63, 3.8) is 0 Å². The fourth-order valence-corrected chi connectivity index (χ4v) is 3.61. The molecule has 3 N–H and O–H groups in total. The van der Waals surface area contributed by atoms with Crippen LogP contribution in [0.2, 0.25) is 0 Å². The lowest BCUT2D eigenvalue weighted by Crippen LogP contribution is -2.28. The summed E-state index contributed by atoms with van der Waals surface area (Å²) < 4.78 is 31.3. The Labute approximate surface area is 143 Å². The fraction of sp³-hybridized carbons (Fsp3) is 0.562. The van der Waals surface area contributed by atoms with Gasteiger partial charge in [-0.3, -0.25) is 4.79 Å². The Kier molecular flexibility index (Phi) is 7.16. The second-order valence-electron chi connectivity index (χ2n) is 5.82. The van der Waals surface area contributed by atoms with Crippen LogP contribution in [0.4, 0.5) is 0 Å². The van der Waals surface area contributed by atoms with Crippen LogP contribution in [-0.4, -0.2) is 54.2 Å². The van der Waals surface area contributed by atoms with E-state index in [1.807, 2.05) is 0 Å². The molecule has 2 rings (SSSR count). The molecule has 0 aliphatic carbocycles. The largest absolute Gasteiger partial charge is 0.383 e. The smallest absolute Gasteiger partial charge is 0.251 e. The van der Waals surface area contributed by atoms with Gasteiger partial charge < -0.3 is 15.4 Å². The number of methoxy groups -OCH3 is 1. The summed E-state index contributed by atoms with van der Waals surface area (Å²) in [6.45, 7) is 3.20. The first-order chi connectivity index (χ1) is 11.5. The number of ether oxygens (including phenoxy) is 1. The molecule has 24 heavy (non-hydrogen) atoms. The van der Waals surface area contributed by atoms with E-state index in [1.165, 1.54) is 31.4 Å². The molecule has 1 atom stereocenters. The van der Waals surface area contributed by atoms with Gasteiger partial charge >= 0.3 is 0 Å². The van der Waals surface area contributed by atoms with E-state index < -0.39 is 10.0 Å². The van der Waals surface area contributed by atoms with E-state index in [9.17, 15) is 13.2 Å². The van der Waals surface area contributed by atoms with E-state index in [4.69, 9.17) is 4.74 Å². The van der Waals surface area contributed by atoms with Crippen molar-refractivity contribution >= 4 is 15.9 Å². The highest BCUT2D eigenvalue weighted by Crippen LogP contribution is 2.12. The zero-order valence-corrected chi connectivity index (χ0v) is 14.7. The first kappa shape index (κ1) is 18.9. The SMILES string of the molecule is COCCNS(=O)(=O)c1ccc(C(=O)NCCC2CCNC2)cc1. The van der Waals surface area contributed by atoms with Gasteiger partial charge in [-0.1, -0.05) is 0 Å². The van der Waals surface area contributed by atoms with Gasteiger partial charge in [-0.2, -0.15) is 0 Å². The predicted octanol–water partition coefficient (Wildman–Crippen LogP) is 0.341. The number of carbonyl (C=O) groups is 1. The second kappa shape index (κ2) is 9.12. The molecule has 8 heteroatoms. The Morgan fingerprint density at radius 3 is 2.67 bits per heavy atom. The number of hydrogen-bond donors (Lipinski definition) is 3. The van der Waals surface area contributed by atoms with Crippen LogP contribution in [0.1, 0.15) is 23.2 Å². The van der Waals surface area contributed by atoms with Crippen molar-refractivity contribution in [3.05, 3.63) is 29.8 Å². The second-order valence-corrected chi connectivity index (χ2v) is 7.59. The zero-order valence-electron chi connectivity index (χ0n) is 13.9. The van der Waals surface area contributed by atoms with Crippen LogP contribution in [0.5, 0.6) is 0 Å². The summed E-state index contributed by atoms with van der Waals surface area (Å²) >= 11 is 0. The minimum absolute atomic E-state index is 0.132. The van der Waals surface area contributed by atoms with Gasteiger partial charge in [0.15, 0.2) is 0 Å². The Bertz CT molecular complexity index is 625. The van der Waals surface area contributed by atoms with Crippen molar-refractivity contribution in [2.24, 2.45) is 5.92 Å². The molecule has 1 aromatic rings. The normalized spacial score (nSPS) is 17.8. The molecule has 1 aromatic carbocycles. The Hall–Kier alpha value is -1.48. The maximum atomic E-state index is 12.1. The van der Waals surface area contributed by atoms with Gasteiger partial charge in [0.25, 0.3) is 5.91 Å². The first-order valence-corrected chi connectivity index (χ1v) is 9.59. The zero-order chi connectivity index (χ0) is 17.4. The van der Waals surface area contributed by atoms with E-state index in [0.29, 0.717) is 24.6 Å². The lowest BCUT2D eigenvalue weighted by atomic mass is 10.1. The number of rotatable bonds is 9. The van der Waals surface area contributed by atoms with E-state index in [0.717, 1.165) is 25.9 Å². The van der Waals surface area contributed by atoms with Crippen molar-refractivity contribution in [1.82, 2.24) is 15.4 Å². The van der Waals surface area contributed by atoms with Gasteiger partial charge in [0, 0.05) is 25.8 Å². The maximum Gasteiger partial charge on any atom is 0.251 e. The molecule has 0 saturated carbocycles. The molecule has 7 nitrogen and oxygen atoms in total. The third-order valence-corrected chi connectivity index (χ3v) is 5.50. The van der Waals surface area contributed by atoms with Crippen LogP contribution in [-0.2, 0) is 14.8 Å². The molecule has 1 aliphatic heterocycles. The molecular weight excluding hydrogens is 330 g/mol. The van der Waals surface area contributed by atoms with Crippen LogP contribution in [0.25, 0.3) is 0 Å². The predicted molar refractivity (Wildman–Crippen MR) is 91.4 cm³/mol. The quantitative estimate of drug-likeness (QED) is 0.555. The Morgan fingerprint density at radius 1 is 1.29 bits per heavy atom. The van der Waals surface area contributed by atoms with Gasteiger partial charge in [-0.15, -0.1) is 0 Å². The summed E-state index contributed by atoms with van der Waals surface area (Å²) in [6.07, 6.45) is 2.10. The molecule has 0 aromatic heterocycles. The highest BCUT2D eigenvalue weighted by Gasteiger charge is 2.16. The third kappa shape index (κ3) is 5.55. The Balaban J connectivity index is 1.84.